The minimum Gasteiger partial charge on any atom is -0.481 e. The summed E-state index contributed by atoms with van der Waals surface area (Å²) in [4.78, 5) is 24.0. The molecule has 0 aliphatic rings. The molecule has 0 fully saturated rings. The van der Waals surface area contributed by atoms with Crippen molar-refractivity contribution in [1.29, 1.82) is 0 Å². The summed E-state index contributed by atoms with van der Waals surface area (Å²) < 4.78 is 1.55. The standard InChI is InChI=1S/C12H13Br2NO3/c1-15(6-2-3-11(16)17)12(18)9-7-8(13)4-5-10(9)14/h4-5,7H,2-3,6H2,1H3,(H,16,17). The van der Waals surface area contributed by atoms with Crippen molar-refractivity contribution in [3.63, 3.8) is 0 Å². The highest BCUT2D eigenvalue weighted by Crippen LogP contribution is 2.22. The molecule has 0 aromatic heterocycles. The lowest BCUT2D eigenvalue weighted by Crippen LogP contribution is -2.28. The van der Waals surface area contributed by atoms with Gasteiger partial charge >= 0.3 is 5.97 Å². The lowest BCUT2D eigenvalue weighted by molar-refractivity contribution is -0.137. The van der Waals surface area contributed by atoms with Crippen LogP contribution in [-0.4, -0.2) is 35.5 Å². The number of nitrogens with zero attached hydrogens (tertiary/aromatic N) is 1. The number of benzene rings is 1. The first-order valence-corrected chi connectivity index (χ1v) is 6.92. The third kappa shape index (κ3) is 4.42. The van der Waals surface area contributed by atoms with E-state index >= 15 is 0 Å². The van der Waals surface area contributed by atoms with E-state index in [9.17, 15) is 9.59 Å². The van der Waals surface area contributed by atoms with E-state index in [1.165, 1.54) is 4.90 Å². The number of carboxylic acids is 1. The van der Waals surface area contributed by atoms with Crippen LogP contribution in [0.15, 0.2) is 27.1 Å². The highest BCUT2D eigenvalue weighted by Gasteiger charge is 2.15. The summed E-state index contributed by atoms with van der Waals surface area (Å²) in [6.07, 6.45) is 0.514. The average molecular weight is 379 g/mol. The molecule has 0 unspecified atom stereocenters. The van der Waals surface area contributed by atoms with Crippen molar-refractivity contribution in [3.05, 3.63) is 32.7 Å². The second-order valence-electron chi connectivity index (χ2n) is 3.85. The molecule has 4 nitrogen and oxygen atoms in total. The lowest BCUT2D eigenvalue weighted by atomic mass is 10.2. The van der Waals surface area contributed by atoms with Crippen molar-refractivity contribution >= 4 is 43.7 Å². The fraction of sp³-hybridized carbons (Fsp3) is 0.333. The van der Waals surface area contributed by atoms with Crippen molar-refractivity contribution in [1.82, 2.24) is 4.90 Å². The molecule has 0 heterocycles. The van der Waals surface area contributed by atoms with Gasteiger partial charge in [-0.05, 0) is 40.5 Å². The Kier molecular flexibility index (Phi) is 5.81. The van der Waals surface area contributed by atoms with E-state index in [0.29, 0.717) is 18.5 Å². The molecule has 0 radical (unpaired) electrons. The zero-order valence-corrected chi connectivity index (χ0v) is 13.0. The van der Waals surface area contributed by atoms with Gasteiger partial charge in [-0.25, -0.2) is 0 Å². The van der Waals surface area contributed by atoms with Crippen LogP contribution in [0.1, 0.15) is 23.2 Å². The van der Waals surface area contributed by atoms with Gasteiger partial charge in [0, 0.05) is 29.0 Å². The van der Waals surface area contributed by atoms with Crippen molar-refractivity contribution in [2.24, 2.45) is 0 Å². The molecule has 0 saturated heterocycles. The number of amides is 1. The van der Waals surface area contributed by atoms with Crippen molar-refractivity contribution < 1.29 is 14.7 Å². The molecule has 0 aliphatic heterocycles. The van der Waals surface area contributed by atoms with E-state index < -0.39 is 5.97 Å². The van der Waals surface area contributed by atoms with Crippen LogP contribution in [0.4, 0.5) is 0 Å². The zero-order chi connectivity index (χ0) is 13.7. The molecule has 1 aromatic rings. The Morgan fingerprint density at radius 1 is 1.33 bits per heavy atom. The Morgan fingerprint density at radius 2 is 2.00 bits per heavy atom. The monoisotopic (exact) mass is 377 g/mol. The molecule has 0 aliphatic carbocycles. The lowest BCUT2D eigenvalue weighted by Gasteiger charge is -2.17. The molecule has 0 spiro atoms. The van der Waals surface area contributed by atoms with Gasteiger partial charge in [-0.15, -0.1) is 0 Å². The third-order valence-corrected chi connectivity index (χ3v) is 3.57. The summed E-state index contributed by atoms with van der Waals surface area (Å²) in [7, 11) is 1.66. The van der Waals surface area contributed by atoms with Crippen LogP contribution in [0, 0.1) is 0 Å². The van der Waals surface area contributed by atoms with Crippen LogP contribution in [0.3, 0.4) is 0 Å². The van der Waals surface area contributed by atoms with Crippen molar-refractivity contribution in [2.75, 3.05) is 13.6 Å². The smallest absolute Gasteiger partial charge is 0.303 e. The molecule has 18 heavy (non-hydrogen) atoms. The summed E-state index contributed by atoms with van der Waals surface area (Å²) >= 11 is 6.64. The van der Waals surface area contributed by atoms with Gasteiger partial charge in [-0.3, -0.25) is 9.59 Å². The average Bonchev–Trinajstić information content (AvgIpc) is 2.30. The summed E-state index contributed by atoms with van der Waals surface area (Å²) in [5.41, 5.74) is 0.558. The summed E-state index contributed by atoms with van der Waals surface area (Å²) in [6.45, 7) is 0.421. The molecule has 1 aromatic carbocycles. The number of halogens is 2. The van der Waals surface area contributed by atoms with Gasteiger partial charge in [-0.1, -0.05) is 15.9 Å². The molecule has 0 atom stereocenters. The van der Waals surface area contributed by atoms with Crippen LogP contribution >= 0.6 is 31.9 Å². The van der Waals surface area contributed by atoms with E-state index in [4.69, 9.17) is 5.11 Å². The molecule has 0 saturated carbocycles. The summed E-state index contributed by atoms with van der Waals surface area (Å²) in [5.74, 6) is -0.979. The van der Waals surface area contributed by atoms with Crippen molar-refractivity contribution in [2.45, 2.75) is 12.8 Å². The number of hydrogen-bond donors (Lipinski definition) is 1. The van der Waals surface area contributed by atoms with Crippen LogP contribution in [-0.2, 0) is 4.79 Å². The predicted molar refractivity (Wildman–Crippen MR) is 75.7 cm³/mol. The van der Waals surface area contributed by atoms with Crippen molar-refractivity contribution in [3.8, 4) is 0 Å². The first-order chi connectivity index (χ1) is 8.41. The second-order valence-corrected chi connectivity index (χ2v) is 5.62. The minimum atomic E-state index is -0.848. The maximum atomic E-state index is 12.1. The fourth-order valence-electron chi connectivity index (χ4n) is 1.44. The van der Waals surface area contributed by atoms with Crippen LogP contribution < -0.4 is 0 Å². The van der Waals surface area contributed by atoms with E-state index in [1.54, 1.807) is 19.2 Å². The molecule has 1 amide bonds. The summed E-state index contributed by atoms with van der Waals surface area (Å²) in [5, 5.41) is 8.55. The number of carbonyl (C=O) groups excluding carboxylic acids is 1. The maximum absolute atomic E-state index is 12.1. The zero-order valence-electron chi connectivity index (χ0n) is 9.82. The van der Waals surface area contributed by atoms with Crippen LogP contribution in [0.5, 0.6) is 0 Å². The number of aliphatic carboxylic acids is 1. The van der Waals surface area contributed by atoms with Gasteiger partial charge in [-0.2, -0.15) is 0 Å². The number of carboxylic acid groups (broad SMARTS) is 1. The van der Waals surface area contributed by atoms with Gasteiger partial charge in [0.05, 0.1) is 5.56 Å². The Balaban J connectivity index is 2.68. The molecule has 1 N–H and O–H groups in total. The normalized spacial score (nSPS) is 10.2. The molecule has 98 valence electrons. The largest absolute Gasteiger partial charge is 0.481 e. The van der Waals surface area contributed by atoms with E-state index in [0.717, 1.165) is 8.95 Å². The molecule has 0 bridgehead atoms. The Hall–Kier alpha value is -0.880. The van der Waals surface area contributed by atoms with Crippen LogP contribution in [0.25, 0.3) is 0 Å². The van der Waals surface area contributed by atoms with Gasteiger partial charge < -0.3 is 10.0 Å². The highest BCUT2D eigenvalue weighted by atomic mass is 79.9. The number of hydrogen-bond acceptors (Lipinski definition) is 2. The molecule has 1 rings (SSSR count). The number of carbonyl (C=O) groups is 2. The van der Waals surface area contributed by atoms with E-state index in [-0.39, 0.29) is 12.3 Å². The highest BCUT2D eigenvalue weighted by molar-refractivity contribution is 9.11. The minimum absolute atomic E-state index is 0.0667. The first-order valence-electron chi connectivity index (χ1n) is 5.34. The van der Waals surface area contributed by atoms with Gasteiger partial charge in [0.1, 0.15) is 0 Å². The third-order valence-electron chi connectivity index (χ3n) is 2.39. The molecular weight excluding hydrogens is 366 g/mol. The number of rotatable bonds is 5. The first kappa shape index (κ1) is 15.2. The maximum Gasteiger partial charge on any atom is 0.303 e. The van der Waals surface area contributed by atoms with E-state index in [1.807, 2.05) is 6.07 Å². The fourth-order valence-corrected chi connectivity index (χ4v) is 2.21. The second kappa shape index (κ2) is 6.89. The topological polar surface area (TPSA) is 57.6 Å². The van der Waals surface area contributed by atoms with E-state index in [2.05, 4.69) is 31.9 Å². The molecular formula is C12H13Br2NO3. The SMILES string of the molecule is CN(CCCC(=O)O)C(=O)c1cc(Br)ccc1Br. The van der Waals surface area contributed by atoms with Gasteiger partial charge in [0.15, 0.2) is 0 Å². The van der Waals surface area contributed by atoms with Crippen LogP contribution in [0.2, 0.25) is 0 Å². The quantitative estimate of drug-likeness (QED) is 0.856. The Morgan fingerprint density at radius 3 is 2.61 bits per heavy atom. The van der Waals surface area contributed by atoms with Gasteiger partial charge in [0.25, 0.3) is 5.91 Å². The molecule has 6 heteroatoms. The Labute approximate surface area is 122 Å². The van der Waals surface area contributed by atoms with Gasteiger partial charge in [0.2, 0.25) is 0 Å². The predicted octanol–water partition coefficient (Wildman–Crippen LogP) is 3.15. The Bertz CT molecular complexity index is 463. The summed E-state index contributed by atoms with van der Waals surface area (Å²) in [6, 6.07) is 5.37.